The highest BCUT2D eigenvalue weighted by molar-refractivity contribution is 5.86. The third-order valence-electron chi connectivity index (χ3n) is 6.36. The number of hydrogen-bond donors (Lipinski definition) is 2. The van der Waals surface area contributed by atoms with Gasteiger partial charge >= 0.3 is 6.18 Å². The molecular weight excluding hydrogens is 459 g/mol. The second-order valence-electron chi connectivity index (χ2n) is 8.73. The monoisotopic (exact) mass is 484 g/mol. The van der Waals surface area contributed by atoms with Crippen LogP contribution >= 0.6 is 0 Å². The zero-order valence-electron chi connectivity index (χ0n) is 18.4. The lowest BCUT2D eigenvalue weighted by molar-refractivity contribution is -0.197. The Balaban J connectivity index is 1.59. The maximum Gasteiger partial charge on any atom is 0.393 e. The van der Waals surface area contributed by atoms with Crippen LogP contribution in [0.1, 0.15) is 24.8 Å². The number of nitrogen functional groups attached to an aromatic ring is 1. The Morgan fingerprint density at radius 1 is 1.12 bits per heavy atom. The maximum absolute atomic E-state index is 14.5. The van der Waals surface area contributed by atoms with Gasteiger partial charge in [0.1, 0.15) is 18.2 Å². The predicted molar refractivity (Wildman–Crippen MR) is 116 cm³/mol. The van der Waals surface area contributed by atoms with E-state index in [1.54, 1.807) is 13.0 Å². The number of carbonyl (C=O) groups is 1. The summed E-state index contributed by atoms with van der Waals surface area (Å²) in [5, 5.41) is 2.97. The van der Waals surface area contributed by atoms with E-state index in [4.69, 9.17) is 5.73 Å². The number of halogens is 5. The van der Waals surface area contributed by atoms with Crippen molar-refractivity contribution in [2.75, 3.05) is 35.6 Å². The van der Waals surface area contributed by atoms with Crippen LogP contribution in [0.3, 0.4) is 0 Å². The van der Waals surface area contributed by atoms with Gasteiger partial charge in [0.15, 0.2) is 11.6 Å². The average molecular weight is 484 g/mol. The molecule has 7 nitrogen and oxygen atoms in total. The molecule has 0 bridgehead atoms. The molecule has 2 aromatic rings. The van der Waals surface area contributed by atoms with Gasteiger partial charge in [0.05, 0.1) is 12.0 Å². The number of alkyl halides is 3. The number of benzene rings is 1. The van der Waals surface area contributed by atoms with E-state index in [1.807, 2.05) is 0 Å². The molecule has 0 unspecified atom stereocenters. The fourth-order valence-electron chi connectivity index (χ4n) is 4.80. The maximum atomic E-state index is 14.5. The molecule has 2 aliphatic rings. The molecule has 4 rings (SSSR count). The molecule has 1 amide bonds. The Kier molecular flexibility index (Phi) is 6.50. The van der Waals surface area contributed by atoms with Crippen LogP contribution in [0.2, 0.25) is 0 Å². The highest BCUT2D eigenvalue weighted by Gasteiger charge is 2.51. The predicted octanol–water partition coefficient (Wildman–Crippen LogP) is 3.51. The highest BCUT2D eigenvalue weighted by atomic mass is 19.4. The number of nitrogens with one attached hydrogen (secondary N) is 1. The van der Waals surface area contributed by atoms with Gasteiger partial charge in [-0.15, -0.1) is 0 Å². The smallest absolute Gasteiger partial charge is 0.381 e. The van der Waals surface area contributed by atoms with Crippen LogP contribution in [0.25, 0.3) is 0 Å². The third kappa shape index (κ3) is 4.85. The minimum atomic E-state index is -4.54. The first kappa shape index (κ1) is 24.0. The number of aromatic nitrogens is 2. The van der Waals surface area contributed by atoms with Gasteiger partial charge in [-0.2, -0.15) is 17.6 Å². The lowest BCUT2D eigenvalue weighted by Gasteiger charge is -2.47. The van der Waals surface area contributed by atoms with E-state index in [2.05, 4.69) is 15.3 Å². The number of hydrogen-bond acceptors (Lipinski definition) is 6. The van der Waals surface area contributed by atoms with E-state index in [0.29, 0.717) is 24.1 Å². The van der Waals surface area contributed by atoms with Crippen molar-refractivity contribution in [3.05, 3.63) is 41.7 Å². The summed E-state index contributed by atoms with van der Waals surface area (Å²) in [5.74, 6) is -4.25. The molecule has 12 heteroatoms. The standard InChI is InChI=1S/C22H25F5N6O/c1-12-7-13(23)9-14(8-12)31-16-3-2-5-33(21(16)34)17-10-32(6-4-15(17)22(25,26)27)20-18(24)19(28)29-11-30-20/h7-9,11,15-17,31H,2-6,10H2,1H3,(H2,28,29,30)/t15-,16+,17-/m1/s1. The van der Waals surface area contributed by atoms with Gasteiger partial charge in [-0.05, 0) is 49.9 Å². The van der Waals surface area contributed by atoms with Crippen LogP contribution in [0.5, 0.6) is 0 Å². The molecule has 34 heavy (non-hydrogen) atoms. The van der Waals surface area contributed by atoms with Crippen LogP contribution in [0.4, 0.5) is 39.3 Å². The molecule has 0 saturated carbocycles. The van der Waals surface area contributed by atoms with Crippen LogP contribution in [-0.2, 0) is 4.79 Å². The number of piperidine rings is 2. The van der Waals surface area contributed by atoms with Gasteiger partial charge in [0.2, 0.25) is 11.7 Å². The van der Waals surface area contributed by atoms with E-state index < -0.39 is 47.5 Å². The lowest BCUT2D eigenvalue weighted by atomic mass is 9.87. The van der Waals surface area contributed by atoms with Crippen molar-refractivity contribution in [2.24, 2.45) is 5.92 Å². The number of nitrogens with zero attached hydrogens (tertiary/aromatic N) is 4. The third-order valence-corrected chi connectivity index (χ3v) is 6.36. The summed E-state index contributed by atoms with van der Waals surface area (Å²) < 4.78 is 70.1. The largest absolute Gasteiger partial charge is 0.393 e. The van der Waals surface area contributed by atoms with E-state index in [0.717, 1.165) is 6.33 Å². The summed E-state index contributed by atoms with van der Waals surface area (Å²) in [7, 11) is 0. The molecular formula is C22H25F5N6O. The van der Waals surface area contributed by atoms with Crippen LogP contribution in [0.15, 0.2) is 24.5 Å². The fraction of sp³-hybridized carbons (Fsp3) is 0.500. The van der Waals surface area contributed by atoms with Gasteiger partial charge in [-0.3, -0.25) is 4.79 Å². The minimum absolute atomic E-state index is 0.0969. The Morgan fingerprint density at radius 3 is 2.59 bits per heavy atom. The summed E-state index contributed by atoms with van der Waals surface area (Å²) in [6.45, 7) is 1.49. The van der Waals surface area contributed by atoms with Gasteiger partial charge < -0.3 is 20.9 Å². The van der Waals surface area contributed by atoms with Crippen molar-refractivity contribution in [2.45, 2.75) is 44.4 Å². The van der Waals surface area contributed by atoms with Gasteiger partial charge in [-0.1, -0.05) is 0 Å². The van der Waals surface area contributed by atoms with Crippen molar-refractivity contribution in [1.29, 1.82) is 0 Å². The summed E-state index contributed by atoms with van der Waals surface area (Å²) in [5.41, 5.74) is 6.53. The van der Waals surface area contributed by atoms with Crippen molar-refractivity contribution >= 4 is 23.2 Å². The van der Waals surface area contributed by atoms with E-state index in [-0.39, 0.29) is 31.9 Å². The molecule has 2 aliphatic heterocycles. The highest BCUT2D eigenvalue weighted by Crippen LogP contribution is 2.39. The average Bonchev–Trinajstić information content (AvgIpc) is 2.75. The zero-order valence-corrected chi connectivity index (χ0v) is 18.4. The summed E-state index contributed by atoms with van der Waals surface area (Å²) >= 11 is 0. The summed E-state index contributed by atoms with van der Waals surface area (Å²) in [4.78, 5) is 23.3. The summed E-state index contributed by atoms with van der Waals surface area (Å²) in [6.07, 6.45) is -2.96. The van der Waals surface area contributed by atoms with Crippen molar-refractivity contribution < 1.29 is 26.7 Å². The molecule has 0 radical (unpaired) electrons. The number of rotatable bonds is 4. The number of amides is 1. The molecule has 3 N–H and O–H groups in total. The Morgan fingerprint density at radius 2 is 1.88 bits per heavy atom. The van der Waals surface area contributed by atoms with Crippen LogP contribution in [-0.4, -0.2) is 58.7 Å². The van der Waals surface area contributed by atoms with E-state index >= 15 is 0 Å². The molecule has 0 aliphatic carbocycles. The number of anilines is 3. The number of carbonyl (C=O) groups excluding carboxylic acids is 1. The van der Waals surface area contributed by atoms with Gasteiger partial charge in [0.25, 0.3) is 0 Å². The Bertz CT molecular complexity index is 1040. The number of likely N-dealkylation sites (tertiary alicyclic amines) is 1. The first-order valence-corrected chi connectivity index (χ1v) is 11.0. The molecule has 1 aromatic carbocycles. The zero-order chi connectivity index (χ0) is 24.6. The Hall–Kier alpha value is -3.18. The van der Waals surface area contributed by atoms with Crippen molar-refractivity contribution in [3.8, 4) is 0 Å². The van der Waals surface area contributed by atoms with Crippen molar-refractivity contribution in [1.82, 2.24) is 14.9 Å². The fourth-order valence-corrected chi connectivity index (χ4v) is 4.80. The minimum Gasteiger partial charge on any atom is -0.381 e. The molecule has 2 saturated heterocycles. The molecule has 2 fully saturated rings. The SMILES string of the molecule is Cc1cc(F)cc(N[C@H]2CCCN([C@@H]3CN(c4ncnc(N)c4F)CC[C@H]3C(F)(F)F)C2=O)c1. The van der Waals surface area contributed by atoms with Gasteiger partial charge in [0, 0.05) is 25.3 Å². The quantitative estimate of drug-likeness (QED) is 0.646. The van der Waals surface area contributed by atoms with E-state index in [1.165, 1.54) is 21.9 Å². The first-order chi connectivity index (χ1) is 16.0. The molecule has 184 valence electrons. The number of nitrogens with two attached hydrogens (primary N) is 1. The van der Waals surface area contributed by atoms with Crippen molar-refractivity contribution in [3.63, 3.8) is 0 Å². The number of aryl methyl sites for hydroxylation is 1. The molecule has 3 heterocycles. The Labute approximate surface area is 193 Å². The van der Waals surface area contributed by atoms with Crippen LogP contribution in [0, 0.1) is 24.5 Å². The lowest BCUT2D eigenvalue weighted by Crippen LogP contribution is -2.62. The first-order valence-electron chi connectivity index (χ1n) is 11.0. The molecule has 3 atom stereocenters. The molecule has 0 spiro atoms. The van der Waals surface area contributed by atoms with Gasteiger partial charge in [-0.25, -0.2) is 14.4 Å². The van der Waals surface area contributed by atoms with E-state index in [9.17, 15) is 26.7 Å². The second-order valence-corrected chi connectivity index (χ2v) is 8.73. The topological polar surface area (TPSA) is 87.4 Å². The summed E-state index contributed by atoms with van der Waals surface area (Å²) in [6, 6.07) is 2.20. The van der Waals surface area contributed by atoms with Crippen LogP contribution < -0.4 is 16.0 Å². The molecule has 1 aromatic heterocycles. The second kappa shape index (κ2) is 9.22. The normalized spacial score (nSPS) is 23.8.